The molecule has 58 valence electrons. The zero-order valence-corrected chi connectivity index (χ0v) is 7.24. The van der Waals surface area contributed by atoms with Crippen LogP contribution in [0.25, 0.3) is 0 Å². The Kier molecular flexibility index (Phi) is 20.4. The smallest absolute Gasteiger partial charge is 0.0463 e. The van der Waals surface area contributed by atoms with Crippen LogP contribution in [0.15, 0.2) is 0 Å². The number of hydrogen-bond donors (Lipinski definition) is 0. The van der Waals surface area contributed by atoms with E-state index in [1.165, 1.54) is 0 Å². The van der Waals surface area contributed by atoms with E-state index in [4.69, 9.17) is 4.74 Å². The SMILES string of the molecule is CC.CCCOCCC. The first-order valence-electron chi connectivity index (χ1n) is 3.99. The maximum Gasteiger partial charge on any atom is 0.0463 e. The van der Waals surface area contributed by atoms with Crippen molar-refractivity contribution in [2.45, 2.75) is 40.5 Å². The van der Waals surface area contributed by atoms with Crippen molar-refractivity contribution >= 4 is 0 Å². The molecule has 0 bridgehead atoms. The van der Waals surface area contributed by atoms with E-state index in [0.717, 1.165) is 26.1 Å². The number of rotatable bonds is 4. The average molecular weight is 132 g/mol. The highest BCUT2D eigenvalue weighted by molar-refractivity contribution is 4.25. The number of hydrogen-bond acceptors (Lipinski definition) is 1. The molecule has 0 saturated heterocycles. The first kappa shape index (κ1) is 11.7. The molecule has 0 aromatic heterocycles. The molecule has 0 fully saturated rings. The first-order chi connectivity index (χ1) is 4.41. The molecule has 0 unspecified atom stereocenters. The van der Waals surface area contributed by atoms with E-state index in [-0.39, 0.29) is 0 Å². The summed E-state index contributed by atoms with van der Waals surface area (Å²) in [6, 6.07) is 0. The third-order valence-corrected chi connectivity index (χ3v) is 0.697. The highest BCUT2D eigenvalue weighted by Crippen LogP contribution is 1.81. The molecule has 1 heteroatoms. The molecule has 0 heterocycles. The van der Waals surface area contributed by atoms with Crippen LogP contribution in [0.3, 0.4) is 0 Å². The molecule has 0 spiro atoms. The van der Waals surface area contributed by atoms with Gasteiger partial charge < -0.3 is 4.74 Å². The second-order valence-electron chi connectivity index (χ2n) is 1.61. The zero-order chi connectivity index (χ0) is 7.54. The summed E-state index contributed by atoms with van der Waals surface area (Å²) in [6.07, 6.45) is 2.28. The second kappa shape index (κ2) is 15.7. The van der Waals surface area contributed by atoms with Crippen LogP contribution in [0.1, 0.15) is 40.5 Å². The summed E-state index contributed by atoms with van der Waals surface area (Å²) in [5, 5.41) is 0. The second-order valence-corrected chi connectivity index (χ2v) is 1.61. The molecule has 0 atom stereocenters. The standard InChI is InChI=1S/C6H14O.C2H6/c1-3-5-7-6-4-2;1-2/h3-6H2,1-2H3;1-2H3. The minimum absolute atomic E-state index is 0.924. The fraction of sp³-hybridized carbons (Fsp3) is 1.00. The maximum atomic E-state index is 5.13. The van der Waals surface area contributed by atoms with Crippen molar-refractivity contribution < 1.29 is 4.74 Å². The van der Waals surface area contributed by atoms with E-state index in [9.17, 15) is 0 Å². The van der Waals surface area contributed by atoms with Crippen LogP contribution in [0.5, 0.6) is 0 Å². The minimum atomic E-state index is 0.924. The molecule has 0 aliphatic heterocycles. The fourth-order valence-corrected chi connectivity index (χ4v) is 0.391. The molecular weight excluding hydrogens is 112 g/mol. The molecule has 0 aromatic carbocycles. The van der Waals surface area contributed by atoms with Gasteiger partial charge in [-0.15, -0.1) is 0 Å². The number of ether oxygens (including phenoxy) is 1. The molecule has 1 nitrogen and oxygen atoms in total. The molecule has 0 rings (SSSR count). The van der Waals surface area contributed by atoms with Crippen molar-refractivity contribution in [1.82, 2.24) is 0 Å². The van der Waals surface area contributed by atoms with Crippen molar-refractivity contribution in [1.29, 1.82) is 0 Å². The lowest BCUT2D eigenvalue weighted by molar-refractivity contribution is 0.135. The van der Waals surface area contributed by atoms with E-state index >= 15 is 0 Å². The van der Waals surface area contributed by atoms with Crippen molar-refractivity contribution in [3.63, 3.8) is 0 Å². The third-order valence-electron chi connectivity index (χ3n) is 0.697. The Labute approximate surface area is 59.4 Å². The van der Waals surface area contributed by atoms with Gasteiger partial charge >= 0.3 is 0 Å². The molecule has 0 amide bonds. The van der Waals surface area contributed by atoms with E-state index < -0.39 is 0 Å². The Bertz CT molecular complexity index is 23.7. The van der Waals surface area contributed by atoms with E-state index in [1.54, 1.807) is 0 Å². The van der Waals surface area contributed by atoms with Gasteiger partial charge in [0.15, 0.2) is 0 Å². The van der Waals surface area contributed by atoms with Gasteiger partial charge in [-0.25, -0.2) is 0 Å². The van der Waals surface area contributed by atoms with Gasteiger partial charge in [-0.05, 0) is 12.8 Å². The third kappa shape index (κ3) is 18.0. The van der Waals surface area contributed by atoms with Gasteiger partial charge in [-0.1, -0.05) is 27.7 Å². The summed E-state index contributed by atoms with van der Waals surface area (Å²) < 4.78 is 5.13. The van der Waals surface area contributed by atoms with Gasteiger partial charge in [0.2, 0.25) is 0 Å². The van der Waals surface area contributed by atoms with Gasteiger partial charge in [0.25, 0.3) is 0 Å². The maximum absolute atomic E-state index is 5.13. The van der Waals surface area contributed by atoms with Crippen molar-refractivity contribution in [2.24, 2.45) is 0 Å². The van der Waals surface area contributed by atoms with Crippen LogP contribution in [-0.2, 0) is 4.74 Å². The van der Waals surface area contributed by atoms with Crippen LogP contribution >= 0.6 is 0 Å². The van der Waals surface area contributed by atoms with E-state index in [2.05, 4.69) is 13.8 Å². The highest BCUT2D eigenvalue weighted by Gasteiger charge is 1.77. The van der Waals surface area contributed by atoms with Crippen LogP contribution in [0.4, 0.5) is 0 Å². The normalized spacial score (nSPS) is 8.00. The zero-order valence-electron chi connectivity index (χ0n) is 7.24. The van der Waals surface area contributed by atoms with Crippen LogP contribution in [-0.4, -0.2) is 13.2 Å². The van der Waals surface area contributed by atoms with Crippen LogP contribution in [0, 0.1) is 0 Å². The summed E-state index contributed by atoms with van der Waals surface area (Å²) >= 11 is 0. The molecular formula is C8H20O. The molecule has 0 aromatic rings. The van der Waals surface area contributed by atoms with Crippen LogP contribution in [0.2, 0.25) is 0 Å². The largest absolute Gasteiger partial charge is 0.381 e. The topological polar surface area (TPSA) is 9.23 Å². The van der Waals surface area contributed by atoms with E-state index in [1.807, 2.05) is 13.8 Å². The summed E-state index contributed by atoms with van der Waals surface area (Å²) in [5.74, 6) is 0. The molecule has 0 radical (unpaired) electrons. The summed E-state index contributed by atoms with van der Waals surface area (Å²) in [6.45, 7) is 10.1. The molecule has 0 saturated carbocycles. The first-order valence-corrected chi connectivity index (χ1v) is 3.99. The molecule has 9 heavy (non-hydrogen) atoms. The molecule has 0 N–H and O–H groups in total. The van der Waals surface area contributed by atoms with Crippen molar-refractivity contribution in [2.75, 3.05) is 13.2 Å². The van der Waals surface area contributed by atoms with Gasteiger partial charge in [0, 0.05) is 13.2 Å². The van der Waals surface area contributed by atoms with Crippen molar-refractivity contribution in [3.8, 4) is 0 Å². The minimum Gasteiger partial charge on any atom is -0.381 e. The Morgan fingerprint density at radius 1 is 0.889 bits per heavy atom. The lowest BCUT2D eigenvalue weighted by Crippen LogP contribution is -1.92. The van der Waals surface area contributed by atoms with Gasteiger partial charge in [0.05, 0.1) is 0 Å². The molecule has 0 aliphatic rings. The summed E-state index contributed by atoms with van der Waals surface area (Å²) in [4.78, 5) is 0. The lowest BCUT2D eigenvalue weighted by Gasteiger charge is -1.95. The van der Waals surface area contributed by atoms with Crippen molar-refractivity contribution in [3.05, 3.63) is 0 Å². The van der Waals surface area contributed by atoms with Gasteiger partial charge in [0.1, 0.15) is 0 Å². The van der Waals surface area contributed by atoms with Gasteiger partial charge in [-0.3, -0.25) is 0 Å². The lowest BCUT2D eigenvalue weighted by atomic mass is 10.5. The Morgan fingerprint density at radius 2 is 1.22 bits per heavy atom. The highest BCUT2D eigenvalue weighted by atomic mass is 16.5. The predicted octanol–water partition coefficient (Wildman–Crippen LogP) is 2.85. The Hall–Kier alpha value is -0.0400. The Balaban J connectivity index is 0. The van der Waals surface area contributed by atoms with Gasteiger partial charge in [-0.2, -0.15) is 0 Å². The summed E-state index contributed by atoms with van der Waals surface area (Å²) in [5.41, 5.74) is 0. The predicted molar refractivity (Wildman–Crippen MR) is 42.7 cm³/mol. The Morgan fingerprint density at radius 3 is 1.44 bits per heavy atom. The van der Waals surface area contributed by atoms with E-state index in [0.29, 0.717) is 0 Å². The molecule has 0 aliphatic carbocycles. The van der Waals surface area contributed by atoms with Crippen LogP contribution < -0.4 is 0 Å². The summed E-state index contributed by atoms with van der Waals surface area (Å²) in [7, 11) is 0. The fourth-order valence-electron chi connectivity index (χ4n) is 0.391. The monoisotopic (exact) mass is 132 g/mol. The average Bonchev–Trinajstić information content (AvgIpc) is 1.94. The quantitative estimate of drug-likeness (QED) is 0.534.